The number of sulfone groups is 1. The SMILES string of the molecule is CS(=O)(=O)c1ccccc1CC(=O)N1CCCCC1CCO. The summed E-state index contributed by atoms with van der Waals surface area (Å²) in [6.45, 7) is 0.749. The van der Waals surface area contributed by atoms with Gasteiger partial charge in [0.2, 0.25) is 5.91 Å². The zero-order valence-electron chi connectivity index (χ0n) is 12.9. The summed E-state index contributed by atoms with van der Waals surface area (Å²) in [5, 5.41) is 9.14. The van der Waals surface area contributed by atoms with Crippen LogP contribution in [0.3, 0.4) is 0 Å². The molecule has 1 aliphatic rings. The van der Waals surface area contributed by atoms with Crippen molar-refractivity contribution in [2.24, 2.45) is 0 Å². The molecule has 1 aromatic rings. The van der Waals surface area contributed by atoms with Crippen molar-refractivity contribution in [1.82, 2.24) is 4.90 Å². The highest BCUT2D eigenvalue weighted by Crippen LogP contribution is 2.22. The van der Waals surface area contributed by atoms with E-state index in [9.17, 15) is 13.2 Å². The second kappa shape index (κ2) is 7.24. The molecule has 0 spiro atoms. The van der Waals surface area contributed by atoms with Gasteiger partial charge in [-0.3, -0.25) is 4.79 Å². The largest absolute Gasteiger partial charge is 0.396 e. The lowest BCUT2D eigenvalue weighted by atomic mass is 9.98. The first-order valence-electron chi connectivity index (χ1n) is 7.62. The number of aliphatic hydroxyl groups excluding tert-OH is 1. The highest BCUT2D eigenvalue weighted by atomic mass is 32.2. The van der Waals surface area contributed by atoms with Crippen LogP contribution in [0.5, 0.6) is 0 Å². The number of carbonyl (C=O) groups is 1. The standard InChI is InChI=1S/C16H23NO4S/c1-22(20,21)15-8-3-2-6-13(15)12-16(19)17-10-5-4-7-14(17)9-11-18/h2-3,6,8,14,18H,4-5,7,9-12H2,1H3. The van der Waals surface area contributed by atoms with Gasteiger partial charge in [0.15, 0.2) is 9.84 Å². The summed E-state index contributed by atoms with van der Waals surface area (Å²) in [4.78, 5) is 14.6. The van der Waals surface area contributed by atoms with Gasteiger partial charge in [0.05, 0.1) is 11.3 Å². The number of rotatable bonds is 5. The van der Waals surface area contributed by atoms with Gasteiger partial charge in [0.1, 0.15) is 0 Å². The van der Waals surface area contributed by atoms with Crippen molar-refractivity contribution in [2.45, 2.75) is 43.0 Å². The van der Waals surface area contributed by atoms with E-state index in [-0.39, 0.29) is 29.9 Å². The van der Waals surface area contributed by atoms with E-state index in [2.05, 4.69) is 0 Å². The first-order chi connectivity index (χ1) is 10.4. The van der Waals surface area contributed by atoms with Crippen LogP contribution in [0.15, 0.2) is 29.2 Å². The molecule has 1 N–H and O–H groups in total. The number of likely N-dealkylation sites (tertiary alicyclic amines) is 1. The van der Waals surface area contributed by atoms with E-state index in [0.29, 0.717) is 18.5 Å². The van der Waals surface area contributed by atoms with Crippen molar-refractivity contribution in [3.05, 3.63) is 29.8 Å². The van der Waals surface area contributed by atoms with Gasteiger partial charge in [-0.15, -0.1) is 0 Å². The summed E-state index contributed by atoms with van der Waals surface area (Å²) in [5.41, 5.74) is 0.545. The van der Waals surface area contributed by atoms with E-state index in [0.717, 1.165) is 25.5 Å². The molecule has 0 aliphatic carbocycles. The molecule has 1 aromatic carbocycles. The van der Waals surface area contributed by atoms with Crippen molar-refractivity contribution < 1.29 is 18.3 Å². The van der Waals surface area contributed by atoms with Crippen molar-refractivity contribution in [2.75, 3.05) is 19.4 Å². The molecule has 0 aromatic heterocycles. The minimum Gasteiger partial charge on any atom is -0.396 e. The molecular weight excluding hydrogens is 302 g/mol. The Morgan fingerprint density at radius 1 is 1.32 bits per heavy atom. The fraction of sp³-hybridized carbons (Fsp3) is 0.562. The minimum atomic E-state index is -3.34. The summed E-state index contributed by atoms with van der Waals surface area (Å²) in [6.07, 6.45) is 4.76. The Labute approximate surface area is 131 Å². The monoisotopic (exact) mass is 325 g/mol. The zero-order chi connectivity index (χ0) is 16.2. The van der Waals surface area contributed by atoms with E-state index in [4.69, 9.17) is 5.11 Å². The van der Waals surface area contributed by atoms with Gasteiger partial charge in [0.25, 0.3) is 0 Å². The molecule has 1 amide bonds. The summed E-state index contributed by atoms with van der Waals surface area (Å²) in [5.74, 6) is -0.0609. The Hall–Kier alpha value is -1.40. The Bertz CT molecular complexity index is 625. The number of benzene rings is 1. The predicted octanol–water partition coefficient (Wildman–Crippen LogP) is 1.40. The van der Waals surface area contributed by atoms with Crippen LogP contribution < -0.4 is 0 Å². The second-order valence-corrected chi connectivity index (χ2v) is 7.79. The van der Waals surface area contributed by atoms with Crippen molar-refractivity contribution in [3.8, 4) is 0 Å². The number of hydrogen-bond donors (Lipinski definition) is 1. The third-order valence-electron chi connectivity index (χ3n) is 4.12. The average molecular weight is 325 g/mol. The first kappa shape index (κ1) is 17.0. The van der Waals surface area contributed by atoms with Crippen LogP contribution in [0.4, 0.5) is 0 Å². The molecule has 6 heteroatoms. The van der Waals surface area contributed by atoms with Gasteiger partial charge in [0, 0.05) is 25.4 Å². The lowest BCUT2D eigenvalue weighted by Crippen LogP contribution is -2.45. The Kier molecular flexibility index (Phi) is 5.58. The molecule has 0 radical (unpaired) electrons. The maximum atomic E-state index is 12.6. The third kappa shape index (κ3) is 4.08. The number of aliphatic hydroxyl groups is 1. The molecule has 5 nitrogen and oxygen atoms in total. The van der Waals surface area contributed by atoms with Crippen LogP contribution in [-0.2, 0) is 21.1 Å². The van der Waals surface area contributed by atoms with E-state index < -0.39 is 9.84 Å². The average Bonchev–Trinajstić information content (AvgIpc) is 2.47. The maximum Gasteiger partial charge on any atom is 0.227 e. The van der Waals surface area contributed by atoms with Crippen LogP contribution in [0.1, 0.15) is 31.2 Å². The zero-order valence-corrected chi connectivity index (χ0v) is 13.7. The Balaban J connectivity index is 2.18. The van der Waals surface area contributed by atoms with Crippen LogP contribution in [0.25, 0.3) is 0 Å². The highest BCUT2D eigenvalue weighted by molar-refractivity contribution is 7.90. The number of amides is 1. The molecule has 1 fully saturated rings. The Morgan fingerprint density at radius 3 is 2.73 bits per heavy atom. The van der Waals surface area contributed by atoms with Gasteiger partial charge in [-0.2, -0.15) is 0 Å². The molecule has 0 saturated carbocycles. The summed E-state index contributed by atoms with van der Waals surface area (Å²) < 4.78 is 23.6. The fourth-order valence-electron chi connectivity index (χ4n) is 3.05. The maximum absolute atomic E-state index is 12.6. The second-order valence-electron chi connectivity index (χ2n) is 5.81. The fourth-order valence-corrected chi connectivity index (χ4v) is 4.00. The number of nitrogens with zero attached hydrogens (tertiary/aromatic N) is 1. The molecular formula is C16H23NO4S. The van der Waals surface area contributed by atoms with Crippen molar-refractivity contribution in [1.29, 1.82) is 0 Å². The quantitative estimate of drug-likeness (QED) is 0.888. The van der Waals surface area contributed by atoms with E-state index in [1.165, 1.54) is 0 Å². The Morgan fingerprint density at radius 2 is 2.05 bits per heavy atom. The minimum absolute atomic E-state index is 0.0609. The van der Waals surface area contributed by atoms with Crippen molar-refractivity contribution >= 4 is 15.7 Å². The van der Waals surface area contributed by atoms with E-state index >= 15 is 0 Å². The van der Waals surface area contributed by atoms with Gasteiger partial charge >= 0.3 is 0 Å². The molecule has 1 aliphatic heterocycles. The molecule has 1 unspecified atom stereocenters. The smallest absolute Gasteiger partial charge is 0.227 e. The molecule has 0 bridgehead atoms. The van der Waals surface area contributed by atoms with Gasteiger partial charge < -0.3 is 10.0 Å². The summed E-state index contributed by atoms with van der Waals surface area (Å²) >= 11 is 0. The molecule has 2 rings (SSSR count). The number of carbonyl (C=O) groups excluding carboxylic acids is 1. The van der Waals surface area contributed by atoms with Crippen LogP contribution in [-0.4, -0.2) is 49.8 Å². The van der Waals surface area contributed by atoms with Crippen LogP contribution in [0, 0.1) is 0 Å². The van der Waals surface area contributed by atoms with Gasteiger partial charge in [-0.05, 0) is 37.3 Å². The van der Waals surface area contributed by atoms with Crippen molar-refractivity contribution in [3.63, 3.8) is 0 Å². The summed E-state index contributed by atoms with van der Waals surface area (Å²) in [7, 11) is -3.34. The van der Waals surface area contributed by atoms with Crippen LogP contribution in [0.2, 0.25) is 0 Å². The van der Waals surface area contributed by atoms with Crippen LogP contribution >= 0.6 is 0 Å². The van der Waals surface area contributed by atoms with E-state index in [1.807, 2.05) is 0 Å². The highest BCUT2D eigenvalue weighted by Gasteiger charge is 2.27. The van der Waals surface area contributed by atoms with E-state index in [1.54, 1.807) is 29.2 Å². The van der Waals surface area contributed by atoms with Gasteiger partial charge in [-0.25, -0.2) is 8.42 Å². The number of hydrogen-bond acceptors (Lipinski definition) is 4. The number of piperidine rings is 1. The topological polar surface area (TPSA) is 74.7 Å². The first-order valence-corrected chi connectivity index (χ1v) is 9.51. The normalized spacial score (nSPS) is 19.2. The van der Waals surface area contributed by atoms with Gasteiger partial charge in [-0.1, -0.05) is 18.2 Å². The molecule has 1 saturated heterocycles. The summed E-state index contributed by atoms with van der Waals surface area (Å²) in [6, 6.07) is 6.72. The molecule has 1 heterocycles. The lowest BCUT2D eigenvalue weighted by molar-refractivity contribution is -0.134. The predicted molar refractivity (Wildman–Crippen MR) is 84.3 cm³/mol. The third-order valence-corrected chi connectivity index (χ3v) is 5.32. The lowest BCUT2D eigenvalue weighted by Gasteiger charge is -2.35. The molecule has 1 atom stereocenters. The molecule has 122 valence electrons. The molecule has 22 heavy (non-hydrogen) atoms.